The van der Waals surface area contributed by atoms with Gasteiger partial charge in [-0.25, -0.2) is 9.97 Å². The van der Waals surface area contributed by atoms with Gasteiger partial charge < -0.3 is 10.4 Å². The largest absolute Gasteiger partial charge is 0.508 e. The molecule has 1 aromatic carbocycles. The summed E-state index contributed by atoms with van der Waals surface area (Å²) in [6.45, 7) is 4.93. The molecule has 2 aromatic rings. The summed E-state index contributed by atoms with van der Waals surface area (Å²) < 4.78 is 0. The monoisotopic (exact) mass is 257 g/mol. The fraction of sp³-hybridized carbons (Fsp3) is 0.333. The van der Waals surface area contributed by atoms with Gasteiger partial charge in [-0.3, -0.25) is 0 Å². The smallest absolute Gasteiger partial charge is 0.133 e. The summed E-state index contributed by atoms with van der Waals surface area (Å²) in [6, 6.07) is 9.18. The van der Waals surface area contributed by atoms with Crippen molar-refractivity contribution in [2.75, 3.05) is 11.9 Å². The molecule has 0 aliphatic carbocycles. The fourth-order valence-electron chi connectivity index (χ4n) is 1.80. The van der Waals surface area contributed by atoms with Crippen molar-refractivity contribution in [1.82, 2.24) is 9.97 Å². The van der Waals surface area contributed by atoms with Crippen LogP contribution in [0.2, 0.25) is 0 Å². The molecule has 1 heterocycles. The summed E-state index contributed by atoms with van der Waals surface area (Å²) in [5.41, 5.74) is 1.10. The summed E-state index contributed by atoms with van der Waals surface area (Å²) in [7, 11) is 0. The first kappa shape index (κ1) is 13.3. The summed E-state index contributed by atoms with van der Waals surface area (Å²) in [5, 5.41) is 12.7. The highest BCUT2D eigenvalue weighted by molar-refractivity contribution is 5.34. The van der Waals surface area contributed by atoms with Crippen LogP contribution in [0.5, 0.6) is 5.75 Å². The van der Waals surface area contributed by atoms with E-state index in [1.807, 2.05) is 18.2 Å². The van der Waals surface area contributed by atoms with Gasteiger partial charge in [0.2, 0.25) is 0 Å². The topological polar surface area (TPSA) is 58.0 Å². The van der Waals surface area contributed by atoms with Crippen molar-refractivity contribution < 1.29 is 5.11 Å². The Labute approximate surface area is 113 Å². The quantitative estimate of drug-likeness (QED) is 0.864. The van der Waals surface area contributed by atoms with Crippen LogP contribution in [-0.4, -0.2) is 21.6 Å². The van der Waals surface area contributed by atoms with Crippen molar-refractivity contribution in [3.8, 4) is 5.75 Å². The number of benzene rings is 1. The van der Waals surface area contributed by atoms with E-state index in [0.29, 0.717) is 11.7 Å². The maximum absolute atomic E-state index is 9.39. The third kappa shape index (κ3) is 3.95. The third-order valence-corrected chi connectivity index (χ3v) is 2.82. The Morgan fingerprint density at radius 2 is 2.11 bits per heavy atom. The Hall–Kier alpha value is -2.10. The highest BCUT2D eigenvalue weighted by Crippen LogP contribution is 2.13. The van der Waals surface area contributed by atoms with Gasteiger partial charge in [0.05, 0.1) is 0 Å². The lowest BCUT2D eigenvalue weighted by Gasteiger charge is -2.08. The van der Waals surface area contributed by atoms with Crippen molar-refractivity contribution in [3.05, 3.63) is 47.9 Å². The number of aromatic hydroxyl groups is 1. The van der Waals surface area contributed by atoms with Crippen LogP contribution in [0.1, 0.15) is 31.2 Å². The number of phenolic OH excluding ortho intramolecular Hbond substituents is 1. The predicted octanol–water partition coefficient (Wildman–Crippen LogP) is 2.96. The molecular formula is C15H19N3O. The zero-order valence-corrected chi connectivity index (χ0v) is 11.3. The molecule has 0 atom stereocenters. The van der Waals surface area contributed by atoms with Gasteiger partial charge in [0, 0.05) is 18.7 Å². The van der Waals surface area contributed by atoms with E-state index in [1.54, 1.807) is 18.3 Å². The van der Waals surface area contributed by atoms with Crippen molar-refractivity contribution >= 4 is 5.82 Å². The molecule has 0 spiro atoms. The molecule has 0 aliphatic heterocycles. The van der Waals surface area contributed by atoms with E-state index in [-0.39, 0.29) is 0 Å². The number of phenols is 1. The second-order valence-corrected chi connectivity index (χ2v) is 4.80. The average Bonchev–Trinajstić information content (AvgIpc) is 2.39. The van der Waals surface area contributed by atoms with E-state index < -0.39 is 0 Å². The van der Waals surface area contributed by atoms with Crippen LogP contribution in [-0.2, 0) is 6.42 Å². The van der Waals surface area contributed by atoms with Crippen LogP contribution in [0.4, 0.5) is 5.82 Å². The summed E-state index contributed by atoms with van der Waals surface area (Å²) in [4.78, 5) is 8.68. The minimum atomic E-state index is 0.307. The van der Waals surface area contributed by atoms with E-state index >= 15 is 0 Å². The second kappa shape index (κ2) is 6.18. The zero-order valence-electron chi connectivity index (χ0n) is 11.3. The molecule has 2 rings (SSSR count). The van der Waals surface area contributed by atoms with E-state index in [9.17, 15) is 5.11 Å². The fourth-order valence-corrected chi connectivity index (χ4v) is 1.80. The molecule has 100 valence electrons. The molecule has 1 aromatic heterocycles. The van der Waals surface area contributed by atoms with E-state index in [0.717, 1.165) is 30.2 Å². The number of aromatic nitrogens is 2. The maximum Gasteiger partial charge on any atom is 0.133 e. The molecule has 0 saturated heterocycles. The first-order chi connectivity index (χ1) is 9.15. The normalized spacial score (nSPS) is 10.7. The molecule has 0 saturated carbocycles. The van der Waals surface area contributed by atoms with Crippen LogP contribution in [0.25, 0.3) is 0 Å². The van der Waals surface area contributed by atoms with Crippen molar-refractivity contribution in [2.45, 2.75) is 26.2 Å². The molecule has 19 heavy (non-hydrogen) atoms. The van der Waals surface area contributed by atoms with E-state index in [4.69, 9.17) is 0 Å². The van der Waals surface area contributed by atoms with E-state index in [2.05, 4.69) is 29.1 Å². The summed E-state index contributed by atoms with van der Waals surface area (Å²) in [6.07, 6.45) is 2.62. The number of rotatable bonds is 5. The van der Waals surface area contributed by atoms with Crippen LogP contribution in [0.15, 0.2) is 36.5 Å². The Balaban J connectivity index is 1.90. The molecule has 4 nitrogen and oxygen atoms in total. The molecular weight excluding hydrogens is 238 g/mol. The number of hydrogen-bond acceptors (Lipinski definition) is 4. The standard InChI is InChI=1S/C15H19N3O/c1-11(2)15-17-9-7-14(18-15)16-8-6-12-4-3-5-13(19)10-12/h3-5,7,9-11,19H,6,8H2,1-2H3,(H,16,17,18). The van der Waals surface area contributed by atoms with Gasteiger partial charge in [0.15, 0.2) is 0 Å². The van der Waals surface area contributed by atoms with Gasteiger partial charge in [0.1, 0.15) is 17.4 Å². The predicted molar refractivity (Wildman–Crippen MR) is 76.4 cm³/mol. The second-order valence-electron chi connectivity index (χ2n) is 4.80. The molecule has 0 bridgehead atoms. The molecule has 0 unspecified atom stereocenters. The first-order valence-electron chi connectivity index (χ1n) is 6.50. The minimum Gasteiger partial charge on any atom is -0.508 e. The number of hydrogen-bond donors (Lipinski definition) is 2. The Bertz CT molecular complexity index is 540. The Kier molecular flexibility index (Phi) is 4.34. The van der Waals surface area contributed by atoms with Gasteiger partial charge in [0.25, 0.3) is 0 Å². The van der Waals surface area contributed by atoms with Gasteiger partial charge in [-0.2, -0.15) is 0 Å². The lowest BCUT2D eigenvalue weighted by molar-refractivity contribution is 0.474. The van der Waals surface area contributed by atoms with Gasteiger partial charge in [-0.05, 0) is 30.2 Å². The molecule has 2 N–H and O–H groups in total. The van der Waals surface area contributed by atoms with Gasteiger partial charge >= 0.3 is 0 Å². The minimum absolute atomic E-state index is 0.307. The Morgan fingerprint density at radius 3 is 2.84 bits per heavy atom. The highest BCUT2D eigenvalue weighted by Gasteiger charge is 2.03. The van der Waals surface area contributed by atoms with Crippen molar-refractivity contribution in [1.29, 1.82) is 0 Å². The van der Waals surface area contributed by atoms with Crippen LogP contribution >= 0.6 is 0 Å². The maximum atomic E-state index is 9.39. The Morgan fingerprint density at radius 1 is 1.26 bits per heavy atom. The lowest BCUT2D eigenvalue weighted by Crippen LogP contribution is -2.08. The van der Waals surface area contributed by atoms with Gasteiger partial charge in [-0.15, -0.1) is 0 Å². The third-order valence-electron chi connectivity index (χ3n) is 2.82. The highest BCUT2D eigenvalue weighted by atomic mass is 16.3. The molecule has 4 heteroatoms. The average molecular weight is 257 g/mol. The number of anilines is 1. The van der Waals surface area contributed by atoms with Crippen LogP contribution in [0.3, 0.4) is 0 Å². The molecule has 0 amide bonds. The van der Waals surface area contributed by atoms with Crippen molar-refractivity contribution in [3.63, 3.8) is 0 Å². The summed E-state index contributed by atoms with van der Waals surface area (Å²) in [5.74, 6) is 2.33. The SMILES string of the molecule is CC(C)c1nccc(NCCc2cccc(O)c2)n1. The number of nitrogens with zero attached hydrogens (tertiary/aromatic N) is 2. The van der Waals surface area contributed by atoms with E-state index in [1.165, 1.54) is 0 Å². The van der Waals surface area contributed by atoms with Crippen LogP contribution < -0.4 is 5.32 Å². The zero-order chi connectivity index (χ0) is 13.7. The van der Waals surface area contributed by atoms with Crippen molar-refractivity contribution in [2.24, 2.45) is 0 Å². The lowest BCUT2D eigenvalue weighted by atomic mass is 10.1. The number of nitrogens with one attached hydrogen (secondary N) is 1. The molecule has 0 aliphatic rings. The first-order valence-corrected chi connectivity index (χ1v) is 6.50. The van der Waals surface area contributed by atoms with Crippen LogP contribution in [0, 0.1) is 0 Å². The molecule has 0 fully saturated rings. The summed E-state index contributed by atoms with van der Waals surface area (Å²) >= 11 is 0. The molecule has 0 radical (unpaired) electrons. The van der Waals surface area contributed by atoms with Gasteiger partial charge in [-0.1, -0.05) is 26.0 Å².